The molecule has 0 saturated carbocycles. The summed E-state index contributed by atoms with van der Waals surface area (Å²) in [7, 11) is 3.24. The molecule has 9 nitrogen and oxygen atoms in total. The van der Waals surface area contributed by atoms with Crippen LogP contribution in [0.1, 0.15) is 12.0 Å². The summed E-state index contributed by atoms with van der Waals surface area (Å²) in [5.41, 5.74) is 1.68. The number of amides is 4. The number of aromatic nitrogens is 2. The third-order valence-electron chi connectivity index (χ3n) is 4.04. The largest absolute Gasteiger partial charge is 0.497 e. The zero-order valence-corrected chi connectivity index (χ0v) is 14.4. The highest BCUT2D eigenvalue weighted by Gasteiger charge is 2.32. The number of urea groups is 1. The van der Waals surface area contributed by atoms with E-state index in [1.807, 2.05) is 30.5 Å². The molecule has 3 rings (SSSR count). The van der Waals surface area contributed by atoms with Crippen molar-refractivity contribution in [3.63, 3.8) is 0 Å². The molecule has 0 radical (unpaired) electrons. The normalized spacial score (nSPS) is 16.2. The smallest absolute Gasteiger partial charge is 0.322 e. The predicted octanol–water partition coefficient (Wildman–Crippen LogP) is 0.437. The molecular formula is C17H19N5O4. The number of imide groups is 1. The number of hydrogen-bond donors (Lipinski definition) is 2. The molecule has 1 fully saturated rings. The molecule has 136 valence electrons. The Hall–Kier alpha value is -3.36. The molecule has 0 bridgehead atoms. The molecule has 2 N–H and O–H groups in total. The average Bonchev–Trinajstić information content (AvgIpc) is 3.21. The fourth-order valence-corrected chi connectivity index (χ4v) is 2.63. The first-order valence-electron chi connectivity index (χ1n) is 7.99. The summed E-state index contributed by atoms with van der Waals surface area (Å²) in [5.74, 6) is -0.00666. The molecule has 1 aliphatic rings. The van der Waals surface area contributed by atoms with E-state index in [4.69, 9.17) is 4.74 Å². The van der Waals surface area contributed by atoms with Crippen molar-refractivity contribution in [2.24, 2.45) is 0 Å². The number of benzene rings is 1. The summed E-state index contributed by atoms with van der Waals surface area (Å²) in [4.78, 5) is 36.4. The molecule has 9 heteroatoms. The molecule has 1 aromatic carbocycles. The Kier molecular flexibility index (Phi) is 4.87. The maximum Gasteiger partial charge on any atom is 0.322 e. The molecule has 0 aliphatic carbocycles. The van der Waals surface area contributed by atoms with E-state index in [0.29, 0.717) is 6.54 Å². The van der Waals surface area contributed by atoms with Crippen molar-refractivity contribution in [3.05, 3.63) is 42.2 Å². The standard InChI is InChI=1S/C17H19N5O4/c1-21(15(23)7-14-16(24)20-17(25)19-14)9-11-8-18-22(10-11)12-4-3-5-13(6-12)26-2/h3-6,8,10,14H,7,9H2,1-2H3,(H2,19,20,24,25)/t14-/m1/s1. The molecule has 1 aromatic heterocycles. The van der Waals surface area contributed by atoms with Gasteiger partial charge >= 0.3 is 6.03 Å². The maximum absolute atomic E-state index is 12.3. The monoisotopic (exact) mass is 357 g/mol. The Morgan fingerprint density at radius 3 is 2.88 bits per heavy atom. The number of carbonyl (C=O) groups is 3. The van der Waals surface area contributed by atoms with Gasteiger partial charge in [-0.05, 0) is 12.1 Å². The van der Waals surface area contributed by atoms with Gasteiger partial charge in [0.25, 0.3) is 5.91 Å². The van der Waals surface area contributed by atoms with Crippen LogP contribution in [0.2, 0.25) is 0 Å². The second-order valence-electron chi connectivity index (χ2n) is 5.96. The van der Waals surface area contributed by atoms with Gasteiger partial charge in [0.2, 0.25) is 5.91 Å². The summed E-state index contributed by atoms with van der Waals surface area (Å²) < 4.78 is 6.90. The number of ether oxygens (including phenoxy) is 1. The quantitative estimate of drug-likeness (QED) is 0.730. The zero-order chi connectivity index (χ0) is 18.7. The third kappa shape index (κ3) is 3.82. The maximum atomic E-state index is 12.3. The second-order valence-corrected chi connectivity index (χ2v) is 5.96. The van der Waals surface area contributed by atoms with Gasteiger partial charge in [0.15, 0.2) is 0 Å². The van der Waals surface area contributed by atoms with Gasteiger partial charge in [-0.2, -0.15) is 5.10 Å². The Balaban J connectivity index is 1.62. The first-order valence-corrected chi connectivity index (χ1v) is 7.99. The van der Waals surface area contributed by atoms with E-state index < -0.39 is 18.0 Å². The van der Waals surface area contributed by atoms with Crippen LogP contribution in [0.5, 0.6) is 5.75 Å². The number of hydrogen-bond acceptors (Lipinski definition) is 5. The first kappa shape index (κ1) is 17.5. The van der Waals surface area contributed by atoms with Crippen molar-refractivity contribution in [3.8, 4) is 11.4 Å². The molecule has 4 amide bonds. The minimum Gasteiger partial charge on any atom is -0.497 e. The van der Waals surface area contributed by atoms with Crippen molar-refractivity contribution in [2.45, 2.75) is 19.0 Å². The number of methoxy groups -OCH3 is 1. The van der Waals surface area contributed by atoms with Crippen molar-refractivity contribution in [1.29, 1.82) is 0 Å². The van der Waals surface area contributed by atoms with Gasteiger partial charge in [0, 0.05) is 31.4 Å². The van der Waals surface area contributed by atoms with E-state index in [1.165, 1.54) is 4.90 Å². The Morgan fingerprint density at radius 1 is 1.38 bits per heavy atom. The van der Waals surface area contributed by atoms with Crippen molar-refractivity contribution >= 4 is 17.8 Å². The lowest BCUT2D eigenvalue weighted by molar-refractivity contribution is -0.133. The lowest BCUT2D eigenvalue weighted by Gasteiger charge is -2.17. The summed E-state index contributed by atoms with van der Waals surface area (Å²) in [5, 5.41) is 8.82. The van der Waals surface area contributed by atoms with E-state index in [0.717, 1.165) is 17.0 Å². The molecule has 0 unspecified atom stereocenters. The van der Waals surface area contributed by atoms with Crippen LogP contribution in [-0.2, 0) is 16.1 Å². The number of rotatable bonds is 6. The van der Waals surface area contributed by atoms with Gasteiger partial charge in [-0.3, -0.25) is 14.9 Å². The highest BCUT2D eigenvalue weighted by molar-refractivity contribution is 6.05. The van der Waals surface area contributed by atoms with Crippen molar-refractivity contribution in [1.82, 2.24) is 25.3 Å². The molecule has 1 atom stereocenters. The topological polar surface area (TPSA) is 106 Å². The van der Waals surface area contributed by atoms with Gasteiger partial charge in [0.1, 0.15) is 11.8 Å². The van der Waals surface area contributed by atoms with E-state index in [9.17, 15) is 14.4 Å². The van der Waals surface area contributed by atoms with Crippen LogP contribution in [0.4, 0.5) is 4.79 Å². The Labute approximate surface area is 149 Å². The van der Waals surface area contributed by atoms with Crippen LogP contribution in [0.15, 0.2) is 36.7 Å². The Morgan fingerprint density at radius 2 is 2.19 bits per heavy atom. The molecule has 2 aromatic rings. The highest BCUT2D eigenvalue weighted by atomic mass is 16.5. The first-order chi connectivity index (χ1) is 12.5. The van der Waals surface area contributed by atoms with Gasteiger partial charge in [-0.25, -0.2) is 9.48 Å². The summed E-state index contributed by atoms with van der Waals surface area (Å²) in [6.45, 7) is 0.338. The van der Waals surface area contributed by atoms with Crippen LogP contribution in [-0.4, -0.2) is 52.7 Å². The van der Waals surface area contributed by atoms with E-state index >= 15 is 0 Å². The zero-order valence-electron chi connectivity index (χ0n) is 14.4. The molecule has 1 aliphatic heterocycles. The lowest BCUT2D eigenvalue weighted by atomic mass is 10.2. The molecule has 1 saturated heterocycles. The molecular weight excluding hydrogens is 338 g/mol. The second kappa shape index (κ2) is 7.26. The van der Waals surface area contributed by atoms with Gasteiger partial charge in [0.05, 0.1) is 25.4 Å². The van der Waals surface area contributed by atoms with Gasteiger partial charge in [-0.1, -0.05) is 6.07 Å². The average molecular weight is 357 g/mol. The molecule has 26 heavy (non-hydrogen) atoms. The predicted molar refractivity (Wildman–Crippen MR) is 91.7 cm³/mol. The van der Waals surface area contributed by atoms with Crippen LogP contribution in [0.25, 0.3) is 5.69 Å². The molecule has 2 heterocycles. The number of nitrogens with one attached hydrogen (secondary N) is 2. The van der Waals surface area contributed by atoms with Crippen LogP contribution in [0, 0.1) is 0 Å². The lowest BCUT2D eigenvalue weighted by Crippen LogP contribution is -2.36. The Bertz CT molecular complexity index is 847. The van der Waals surface area contributed by atoms with E-state index in [2.05, 4.69) is 15.7 Å². The van der Waals surface area contributed by atoms with Crippen molar-refractivity contribution in [2.75, 3.05) is 14.2 Å². The summed E-state index contributed by atoms with van der Waals surface area (Å²) in [6, 6.07) is 6.07. The van der Waals surface area contributed by atoms with E-state index in [1.54, 1.807) is 25.0 Å². The minimum atomic E-state index is -0.822. The van der Waals surface area contributed by atoms with E-state index in [-0.39, 0.29) is 12.3 Å². The van der Waals surface area contributed by atoms with Crippen LogP contribution in [0.3, 0.4) is 0 Å². The third-order valence-corrected chi connectivity index (χ3v) is 4.04. The SMILES string of the molecule is COc1cccc(-n2cc(CN(C)C(=O)C[C@H]3NC(=O)NC3=O)cn2)c1. The fourth-order valence-electron chi connectivity index (χ4n) is 2.63. The highest BCUT2D eigenvalue weighted by Crippen LogP contribution is 2.16. The van der Waals surface area contributed by atoms with Crippen LogP contribution >= 0.6 is 0 Å². The van der Waals surface area contributed by atoms with Gasteiger partial charge in [-0.15, -0.1) is 0 Å². The van der Waals surface area contributed by atoms with Gasteiger partial charge < -0.3 is 15.0 Å². The van der Waals surface area contributed by atoms with Crippen LogP contribution < -0.4 is 15.4 Å². The number of carbonyl (C=O) groups excluding carboxylic acids is 3. The van der Waals surface area contributed by atoms with Crippen molar-refractivity contribution < 1.29 is 19.1 Å². The molecule has 0 spiro atoms. The summed E-state index contributed by atoms with van der Waals surface area (Å²) in [6.07, 6.45) is 3.41. The number of nitrogens with zero attached hydrogens (tertiary/aromatic N) is 3. The fraction of sp³-hybridized carbons (Fsp3) is 0.294. The minimum absolute atomic E-state index is 0.0852. The summed E-state index contributed by atoms with van der Waals surface area (Å²) >= 11 is 0.